The number of rotatable bonds is 3. The summed E-state index contributed by atoms with van der Waals surface area (Å²) in [6, 6.07) is 5.48. The Labute approximate surface area is 128 Å². The van der Waals surface area contributed by atoms with Crippen molar-refractivity contribution in [1.82, 2.24) is 15.0 Å². The molecule has 22 heavy (non-hydrogen) atoms. The van der Waals surface area contributed by atoms with Crippen molar-refractivity contribution in [3.8, 4) is 0 Å². The number of aromatic nitrogens is 2. The number of carbonyl (C=O) groups excluding carboxylic acids is 1. The minimum atomic E-state index is -0.239. The van der Waals surface area contributed by atoms with E-state index < -0.39 is 0 Å². The molecule has 0 unspecified atom stereocenters. The number of ether oxygens (including phenoxy) is 1. The molecule has 0 spiro atoms. The van der Waals surface area contributed by atoms with Crippen LogP contribution in [0.4, 0.5) is 5.69 Å². The number of nitrogens with one attached hydrogen (secondary N) is 1. The molecule has 1 fully saturated rings. The Bertz CT molecular complexity index is 657. The molecule has 1 atom stereocenters. The molecule has 1 aliphatic rings. The molecule has 1 saturated heterocycles. The van der Waals surface area contributed by atoms with E-state index in [0.29, 0.717) is 25.4 Å². The van der Waals surface area contributed by atoms with Gasteiger partial charge in [0.05, 0.1) is 18.8 Å². The largest absolute Gasteiger partial charge is 0.388 e. The van der Waals surface area contributed by atoms with Gasteiger partial charge in [-0.2, -0.15) is 0 Å². The third-order valence-electron chi connectivity index (χ3n) is 3.60. The molecule has 2 aromatic rings. The maximum Gasteiger partial charge on any atom is 0.276 e. The summed E-state index contributed by atoms with van der Waals surface area (Å²) in [4.78, 5) is 18.6. The van der Waals surface area contributed by atoms with E-state index in [0.717, 1.165) is 17.1 Å². The molecule has 2 aromatic heterocycles. The second kappa shape index (κ2) is 6.15. The highest BCUT2D eigenvalue weighted by Crippen LogP contribution is 2.24. The Morgan fingerprint density at radius 3 is 3.05 bits per heavy atom. The number of anilines is 1. The van der Waals surface area contributed by atoms with Gasteiger partial charge in [-0.05, 0) is 19.1 Å². The van der Waals surface area contributed by atoms with Crippen LogP contribution in [-0.4, -0.2) is 47.7 Å². The van der Waals surface area contributed by atoms with Crippen LogP contribution in [0, 0.1) is 6.92 Å². The smallest absolute Gasteiger partial charge is 0.276 e. The van der Waals surface area contributed by atoms with Crippen LogP contribution in [0.25, 0.3) is 0 Å². The van der Waals surface area contributed by atoms with Crippen LogP contribution in [0.1, 0.15) is 28.0 Å². The van der Waals surface area contributed by atoms with E-state index in [1.54, 1.807) is 11.0 Å². The van der Waals surface area contributed by atoms with E-state index in [4.69, 9.17) is 9.26 Å². The van der Waals surface area contributed by atoms with E-state index >= 15 is 0 Å². The maximum absolute atomic E-state index is 12.3. The Kier molecular flexibility index (Phi) is 4.06. The number of aryl methyl sites for hydroxylation is 1. The molecule has 0 aliphatic carbocycles. The first kappa shape index (κ1) is 14.5. The van der Waals surface area contributed by atoms with Gasteiger partial charge in [-0.25, -0.2) is 0 Å². The molecule has 0 aromatic carbocycles. The highest BCUT2D eigenvalue weighted by Gasteiger charge is 2.28. The zero-order valence-corrected chi connectivity index (χ0v) is 12.6. The van der Waals surface area contributed by atoms with Crippen LogP contribution >= 0.6 is 0 Å². The molecule has 1 amide bonds. The van der Waals surface area contributed by atoms with Crippen LogP contribution < -0.4 is 5.32 Å². The van der Waals surface area contributed by atoms with Gasteiger partial charge >= 0.3 is 0 Å². The van der Waals surface area contributed by atoms with Crippen molar-refractivity contribution < 1.29 is 14.1 Å². The first-order valence-corrected chi connectivity index (χ1v) is 7.15. The van der Waals surface area contributed by atoms with Gasteiger partial charge in [0.15, 0.2) is 5.69 Å². The van der Waals surface area contributed by atoms with E-state index in [1.165, 1.54) is 6.26 Å². The third kappa shape index (κ3) is 2.94. The summed E-state index contributed by atoms with van der Waals surface area (Å²) in [7, 11) is 1.86. The minimum absolute atomic E-state index is 0.149. The first-order chi connectivity index (χ1) is 10.7. The lowest BCUT2D eigenvalue weighted by atomic mass is 10.1. The Morgan fingerprint density at radius 1 is 1.45 bits per heavy atom. The van der Waals surface area contributed by atoms with E-state index in [9.17, 15) is 4.79 Å². The number of hydrogen-bond acceptors (Lipinski definition) is 6. The van der Waals surface area contributed by atoms with Gasteiger partial charge in [0.1, 0.15) is 12.4 Å². The summed E-state index contributed by atoms with van der Waals surface area (Å²) in [6.07, 6.45) is 1.16. The van der Waals surface area contributed by atoms with E-state index in [-0.39, 0.29) is 12.0 Å². The van der Waals surface area contributed by atoms with E-state index in [2.05, 4.69) is 15.5 Å². The predicted octanol–water partition coefficient (Wildman–Crippen LogP) is 1.63. The van der Waals surface area contributed by atoms with Crippen LogP contribution in [0.3, 0.4) is 0 Å². The van der Waals surface area contributed by atoms with Gasteiger partial charge in [0.25, 0.3) is 5.91 Å². The molecule has 0 bridgehead atoms. The topological polar surface area (TPSA) is 80.5 Å². The second-order valence-corrected chi connectivity index (χ2v) is 5.17. The van der Waals surface area contributed by atoms with Crippen molar-refractivity contribution >= 4 is 11.6 Å². The van der Waals surface area contributed by atoms with Crippen molar-refractivity contribution in [3.05, 3.63) is 41.5 Å². The monoisotopic (exact) mass is 302 g/mol. The molecule has 116 valence electrons. The van der Waals surface area contributed by atoms with Crippen molar-refractivity contribution in [2.75, 3.05) is 32.1 Å². The summed E-state index contributed by atoms with van der Waals surface area (Å²) >= 11 is 0. The van der Waals surface area contributed by atoms with Crippen molar-refractivity contribution in [3.63, 3.8) is 0 Å². The molecule has 1 N–H and O–H groups in total. The number of carbonyl (C=O) groups is 1. The average Bonchev–Trinajstić information content (AvgIpc) is 3.08. The predicted molar refractivity (Wildman–Crippen MR) is 79.6 cm³/mol. The molecule has 7 nitrogen and oxygen atoms in total. The lowest BCUT2D eigenvalue weighted by Gasteiger charge is -2.32. The fourth-order valence-corrected chi connectivity index (χ4v) is 2.50. The average molecular weight is 302 g/mol. The van der Waals surface area contributed by atoms with Crippen LogP contribution in [-0.2, 0) is 4.74 Å². The summed E-state index contributed by atoms with van der Waals surface area (Å²) in [5.74, 6) is -0.149. The highest BCUT2D eigenvalue weighted by atomic mass is 16.5. The standard InChI is InChI=1S/C15H18N4O3/c1-10-7-11(16-2)8-13(17-10)14-9-19(4-6-21-14)15(20)12-3-5-22-18-12/h3,5,7-8,14H,4,6,9H2,1-2H3,(H,16,17)/t14-/m1/s1. The number of amides is 1. The molecular weight excluding hydrogens is 284 g/mol. The molecular formula is C15H18N4O3. The zero-order chi connectivity index (χ0) is 15.5. The van der Waals surface area contributed by atoms with Gasteiger partial charge in [-0.3, -0.25) is 9.78 Å². The summed E-state index contributed by atoms with van der Waals surface area (Å²) in [5, 5.41) is 6.80. The lowest BCUT2D eigenvalue weighted by Crippen LogP contribution is -2.42. The second-order valence-electron chi connectivity index (χ2n) is 5.17. The van der Waals surface area contributed by atoms with Crippen LogP contribution in [0.15, 0.2) is 29.0 Å². The van der Waals surface area contributed by atoms with Gasteiger partial charge < -0.3 is 19.5 Å². The quantitative estimate of drug-likeness (QED) is 0.928. The minimum Gasteiger partial charge on any atom is -0.388 e. The molecule has 3 rings (SSSR count). The summed E-state index contributed by atoms with van der Waals surface area (Å²) < 4.78 is 10.5. The molecule has 0 radical (unpaired) electrons. The summed E-state index contributed by atoms with van der Waals surface area (Å²) in [6.45, 7) is 3.39. The fourth-order valence-electron chi connectivity index (χ4n) is 2.50. The molecule has 3 heterocycles. The number of nitrogens with zero attached hydrogens (tertiary/aromatic N) is 3. The lowest BCUT2D eigenvalue weighted by molar-refractivity contribution is -0.0250. The van der Waals surface area contributed by atoms with Crippen LogP contribution in [0.5, 0.6) is 0 Å². The summed E-state index contributed by atoms with van der Waals surface area (Å²) in [5.41, 5.74) is 3.02. The van der Waals surface area contributed by atoms with E-state index in [1.807, 2.05) is 26.1 Å². The Morgan fingerprint density at radius 2 is 2.32 bits per heavy atom. The number of morpholine rings is 1. The van der Waals surface area contributed by atoms with Crippen molar-refractivity contribution in [1.29, 1.82) is 0 Å². The molecule has 0 saturated carbocycles. The Balaban J connectivity index is 1.78. The fraction of sp³-hybridized carbons (Fsp3) is 0.400. The third-order valence-corrected chi connectivity index (χ3v) is 3.60. The van der Waals surface area contributed by atoms with Gasteiger partial charge in [0, 0.05) is 31.0 Å². The molecule has 7 heteroatoms. The number of hydrogen-bond donors (Lipinski definition) is 1. The highest BCUT2D eigenvalue weighted by molar-refractivity contribution is 5.92. The van der Waals surface area contributed by atoms with Gasteiger partial charge in [-0.15, -0.1) is 0 Å². The van der Waals surface area contributed by atoms with Gasteiger partial charge in [0.2, 0.25) is 0 Å². The first-order valence-electron chi connectivity index (χ1n) is 7.15. The molecule has 1 aliphatic heterocycles. The zero-order valence-electron chi connectivity index (χ0n) is 12.6. The normalized spacial score (nSPS) is 18.3. The SMILES string of the molecule is CNc1cc(C)nc([C@H]2CN(C(=O)c3ccon3)CCO2)c1. The Hall–Kier alpha value is -2.41. The maximum atomic E-state index is 12.3. The van der Waals surface area contributed by atoms with Crippen LogP contribution in [0.2, 0.25) is 0 Å². The van der Waals surface area contributed by atoms with Crippen molar-refractivity contribution in [2.45, 2.75) is 13.0 Å². The van der Waals surface area contributed by atoms with Crippen molar-refractivity contribution in [2.24, 2.45) is 0 Å². The number of pyridine rings is 1. The van der Waals surface area contributed by atoms with Gasteiger partial charge in [-0.1, -0.05) is 5.16 Å².